The lowest BCUT2D eigenvalue weighted by Gasteiger charge is -2.14. The summed E-state index contributed by atoms with van der Waals surface area (Å²) in [4.78, 5) is 9.67. The van der Waals surface area contributed by atoms with Crippen molar-refractivity contribution >= 4 is 27.1 Å². The molecule has 1 aromatic heterocycles. The summed E-state index contributed by atoms with van der Waals surface area (Å²) in [6.07, 6.45) is 1.23. The van der Waals surface area contributed by atoms with Gasteiger partial charge in [-0.15, -0.1) is 11.3 Å². The highest BCUT2D eigenvalue weighted by molar-refractivity contribution is 7.90. The monoisotopic (exact) mass is 422 g/mol. The molecule has 0 bridgehead atoms. The lowest BCUT2D eigenvalue weighted by Crippen LogP contribution is -2.36. The summed E-state index contributed by atoms with van der Waals surface area (Å²) in [5.74, 6) is 0.708. The maximum Gasteiger partial charge on any atom is 0.191 e. The number of aliphatic imine (C=N–C) groups is 1. The predicted octanol–water partition coefficient (Wildman–Crippen LogP) is 3.41. The Bertz CT molecular complexity index is 941. The Balaban J connectivity index is 2.06. The standard InChI is InChI=1S/C20H30N4O2S2/c1-7-21-19(23-12-18-24-17(13-27-18)20(3,4)5)22-11-15-8-9-16(14(2)10-15)28(6,25)26/h8-10,13H,7,11-12H2,1-6H3,(H2,21,22,23). The molecule has 1 heterocycles. The first-order valence-corrected chi connectivity index (χ1v) is 12.0. The van der Waals surface area contributed by atoms with Crippen LogP contribution in [0.25, 0.3) is 0 Å². The number of nitrogens with one attached hydrogen (secondary N) is 2. The van der Waals surface area contributed by atoms with E-state index in [-0.39, 0.29) is 5.41 Å². The van der Waals surface area contributed by atoms with Gasteiger partial charge in [-0.2, -0.15) is 0 Å². The van der Waals surface area contributed by atoms with Crippen LogP contribution in [0, 0.1) is 6.92 Å². The Labute approximate surface area is 172 Å². The van der Waals surface area contributed by atoms with Crippen LogP contribution in [0.2, 0.25) is 0 Å². The molecule has 2 rings (SSSR count). The van der Waals surface area contributed by atoms with Crippen LogP contribution in [0.5, 0.6) is 0 Å². The topological polar surface area (TPSA) is 83.5 Å². The van der Waals surface area contributed by atoms with E-state index < -0.39 is 9.84 Å². The molecular formula is C20H30N4O2S2. The molecule has 0 unspecified atom stereocenters. The summed E-state index contributed by atoms with van der Waals surface area (Å²) in [5, 5.41) is 9.67. The molecule has 8 heteroatoms. The molecule has 1 aromatic carbocycles. The van der Waals surface area contributed by atoms with E-state index in [0.717, 1.165) is 28.4 Å². The van der Waals surface area contributed by atoms with E-state index in [1.165, 1.54) is 6.26 Å². The minimum Gasteiger partial charge on any atom is -0.357 e. The van der Waals surface area contributed by atoms with E-state index in [1.54, 1.807) is 17.4 Å². The Hall–Kier alpha value is -1.93. The van der Waals surface area contributed by atoms with Crippen molar-refractivity contribution in [2.24, 2.45) is 4.99 Å². The fraction of sp³-hybridized carbons (Fsp3) is 0.500. The van der Waals surface area contributed by atoms with E-state index in [9.17, 15) is 8.42 Å². The summed E-state index contributed by atoms with van der Waals surface area (Å²) >= 11 is 1.64. The Kier molecular flexibility index (Phi) is 7.22. The van der Waals surface area contributed by atoms with Gasteiger partial charge in [0.15, 0.2) is 15.8 Å². The van der Waals surface area contributed by atoms with Crippen molar-refractivity contribution in [3.63, 3.8) is 0 Å². The third-order valence-electron chi connectivity index (χ3n) is 4.13. The van der Waals surface area contributed by atoms with Gasteiger partial charge in [-0.05, 0) is 31.0 Å². The molecule has 0 aliphatic heterocycles. The molecule has 2 aromatic rings. The summed E-state index contributed by atoms with van der Waals surface area (Å²) < 4.78 is 23.5. The van der Waals surface area contributed by atoms with Gasteiger partial charge < -0.3 is 10.6 Å². The molecule has 0 atom stereocenters. The first kappa shape index (κ1) is 22.4. The third kappa shape index (κ3) is 6.31. The highest BCUT2D eigenvalue weighted by Crippen LogP contribution is 2.23. The van der Waals surface area contributed by atoms with Crippen molar-refractivity contribution in [2.45, 2.75) is 58.0 Å². The molecule has 6 nitrogen and oxygen atoms in total. The molecular weight excluding hydrogens is 392 g/mol. The second kappa shape index (κ2) is 9.05. The van der Waals surface area contributed by atoms with Gasteiger partial charge in [0.05, 0.1) is 23.7 Å². The lowest BCUT2D eigenvalue weighted by molar-refractivity contribution is 0.570. The SMILES string of the molecule is CCNC(=NCc1ccc(S(C)(=O)=O)c(C)c1)NCc1nc(C(C)(C)C)cs1. The second-order valence-electron chi connectivity index (χ2n) is 7.80. The smallest absolute Gasteiger partial charge is 0.191 e. The van der Waals surface area contributed by atoms with Gasteiger partial charge in [0.1, 0.15) is 5.01 Å². The van der Waals surface area contributed by atoms with Crippen molar-refractivity contribution in [2.75, 3.05) is 12.8 Å². The number of aryl methyl sites for hydroxylation is 1. The summed E-state index contributed by atoms with van der Waals surface area (Å²) in [6.45, 7) is 12.1. The molecule has 0 saturated carbocycles. The normalized spacial score (nSPS) is 12.9. The first-order chi connectivity index (χ1) is 13.0. The maximum atomic E-state index is 11.7. The Morgan fingerprint density at radius 2 is 1.96 bits per heavy atom. The number of benzene rings is 1. The van der Waals surface area contributed by atoms with Crippen LogP contribution >= 0.6 is 11.3 Å². The van der Waals surface area contributed by atoms with Crippen LogP contribution < -0.4 is 10.6 Å². The van der Waals surface area contributed by atoms with Gasteiger partial charge >= 0.3 is 0 Å². The highest BCUT2D eigenvalue weighted by Gasteiger charge is 2.17. The summed E-state index contributed by atoms with van der Waals surface area (Å²) in [6, 6.07) is 5.34. The largest absolute Gasteiger partial charge is 0.357 e. The van der Waals surface area contributed by atoms with Crippen molar-refractivity contribution in [1.29, 1.82) is 0 Å². The van der Waals surface area contributed by atoms with Crippen molar-refractivity contribution in [3.8, 4) is 0 Å². The number of guanidine groups is 1. The van der Waals surface area contributed by atoms with Crippen LogP contribution in [-0.4, -0.2) is 32.2 Å². The number of rotatable bonds is 6. The van der Waals surface area contributed by atoms with E-state index in [0.29, 0.717) is 23.9 Å². The van der Waals surface area contributed by atoms with Crippen molar-refractivity contribution in [3.05, 3.63) is 45.4 Å². The van der Waals surface area contributed by atoms with Crippen molar-refractivity contribution < 1.29 is 8.42 Å². The maximum absolute atomic E-state index is 11.7. The van der Waals surface area contributed by atoms with E-state index in [2.05, 4.69) is 41.8 Å². The molecule has 0 amide bonds. The van der Waals surface area contributed by atoms with Gasteiger partial charge in [-0.1, -0.05) is 32.9 Å². The number of hydrogen-bond acceptors (Lipinski definition) is 5. The van der Waals surface area contributed by atoms with Gasteiger partial charge in [0.25, 0.3) is 0 Å². The zero-order valence-corrected chi connectivity index (χ0v) is 19.1. The summed E-state index contributed by atoms with van der Waals surface area (Å²) in [5.41, 5.74) is 2.85. The zero-order chi connectivity index (χ0) is 20.9. The molecule has 0 aliphatic rings. The Morgan fingerprint density at radius 1 is 1.25 bits per heavy atom. The molecule has 0 aliphatic carbocycles. The molecule has 28 heavy (non-hydrogen) atoms. The van der Waals surface area contributed by atoms with Crippen molar-refractivity contribution in [1.82, 2.24) is 15.6 Å². The molecule has 0 saturated heterocycles. The molecule has 2 N–H and O–H groups in total. The molecule has 0 radical (unpaired) electrons. The van der Waals surface area contributed by atoms with E-state index in [4.69, 9.17) is 4.98 Å². The van der Waals surface area contributed by atoms with Gasteiger partial charge in [0, 0.05) is 23.6 Å². The van der Waals surface area contributed by atoms with Crippen LogP contribution in [-0.2, 0) is 28.3 Å². The minimum atomic E-state index is -3.20. The van der Waals surface area contributed by atoms with Gasteiger partial charge in [-0.3, -0.25) is 0 Å². The quantitative estimate of drug-likeness (QED) is 0.551. The average molecular weight is 423 g/mol. The average Bonchev–Trinajstić information content (AvgIpc) is 3.05. The van der Waals surface area contributed by atoms with Gasteiger partial charge in [0.2, 0.25) is 0 Å². The van der Waals surface area contributed by atoms with E-state index in [1.807, 2.05) is 26.0 Å². The second-order valence-corrected chi connectivity index (χ2v) is 10.7. The van der Waals surface area contributed by atoms with Crippen LogP contribution in [0.4, 0.5) is 0 Å². The number of aromatic nitrogens is 1. The van der Waals surface area contributed by atoms with Gasteiger partial charge in [-0.25, -0.2) is 18.4 Å². The Morgan fingerprint density at radius 3 is 2.50 bits per heavy atom. The fourth-order valence-corrected chi connectivity index (χ4v) is 4.55. The fourth-order valence-electron chi connectivity index (χ4n) is 2.63. The lowest BCUT2D eigenvalue weighted by atomic mass is 9.93. The molecule has 0 spiro atoms. The summed E-state index contributed by atoms with van der Waals surface area (Å²) in [7, 11) is -3.20. The first-order valence-electron chi connectivity index (χ1n) is 9.27. The zero-order valence-electron chi connectivity index (χ0n) is 17.5. The number of thiazole rings is 1. The number of hydrogen-bond donors (Lipinski definition) is 2. The predicted molar refractivity (Wildman–Crippen MR) is 117 cm³/mol. The minimum absolute atomic E-state index is 0.0450. The van der Waals surface area contributed by atoms with Crippen LogP contribution in [0.3, 0.4) is 0 Å². The van der Waals surface area contributed by atoms with E-state index >= 15 is 0 Å². The molecule has 0 fully saturated rings. The third-order valence-corrected chi connectivity index (χ3v) is 6.24. The number of sulfone groups is 1. The highest BCUT2D eigenvalue weighted by atomic mass is 32.2. The molecule has 154 valence electrons. The number of nitrogens with zero attached hydrogens (tertiary/aromatic N) is 2. The van der Waals surface area contributed by atoms with Crippen LogP contribution in [0.15, 0.2) is 33.5 Å². The van der Waals surface area contributed by atoms with Crippen LogP contribution in [0.1, 0.15) is 49.5 Å².